The zero-order chi connectivity index (χ0) is 20.0. The summed E-state index contributed by atoms with van der Waals surface area (Å²) in [7, 11) is 0. The van der Waals surface area contributed by atoms with Crippen LogP contribution in [0.25, 0.3) is 0 Å². The van der Waals surface area contributed by atoms with Crippen LogP contribution >= 0.6 is 0 Å². The molecule has 1 unspecified atom stereocenters. The number of piperidine rings is 1. The molecule has 0 saturated carbocycles. The number of amides is 1. The molecule has 2 rings (SSSR count). The van der Waals surface area contributed by atoms with Crippen LogP contribution < -0.4 is 0 Å². The molecule has 0 aliphatic carbocycles. The van der Waals surface area contributed by atoms with Gasteiger partial charge in [0.25, 0.3) is 0 Å². The summed E-state index contributed by atoms with van der Waals surface area (Å²) < 4.78 is 23.4. The summed E-state index contributed by atoms with van der Waals surface area (Å²) in [6.07, 6.45) is 2.01. The number of benzene rings is 1. The molecule has 0 N–H and O–H groups in total. The maximum atomic E-state index is 12.9. The lowest BCUT2D eigenvalue weighted by Crippen LogP contribution is -2.47. The van der Waals surface area contributed by atoms with Crippen LogP contribution in [0.1, 0.15) is 56.8 Å². The highest BCUT2D eigenvalue weighted by Gasteiger charge is 2.32. The molecule has 1 saturated heterocycles. The Morgan fingerprint density at radius 3 is 2.44 bits per heavy atom. The minimum Gasteiger partial charge on any atom is -0.457 e. The van der Waals surface area contributed by atoms with Gasteiger partial charge in [0.05, 0.1) is 6.42 Å². The predicted molar refractivity (Wildman–Crippen MR) is 96.9 cm³/mol. The van der Waals surface area contributed by atoms with E-state index in [0.29, 0.717) is 13.0 Å². The first kappa shape index (κ1) is 20.9. The van der Waals surface area contributed by atoms with Gasteiger partial charge in [-0.1, -0.05) is 0 Å². The highest BCUT2D eigenvalue weighted by Crippen LogP contribution is 2.23. The Labute approximate surface area is 158 Å². The van der Waals surface area contributed by atoms with Gasteiger partial charge in [0.1, 0.15) is 11.4 Å². The van der Waals surface area contributed by atoms with Crippen LogP contribution in [0.3, 0.4) is 0 Å². The number of esters is 1. The molecule has 1 amide bonds. The Bertz CT molecular complexity index is 681. The molecule has 1 aromatic rings. The molecular weight excluding hydrogens is 353 g/mol. The van der Waals surface area contributed by atoms with E-state index >= 15 is 0 Å². The Balaban J connectivity index is 1.87. The van der Waals surface area contributed by atoms with E-state index in [1.807, 2.05) is 0 Å². The monoisotopic (exact) mass is 379 g/mol. The number of likely N-dealkylation sites (tertiary alicyclic amines) is 1. The lowest BCUT2D eigenvalue weighted by Gasteiger charge is -2.36. The van der Waals surface area contributed by atoms with E-state index in [9.17, 15) is 18.8 Å². The average Bonchev–Trinajstić information content (AvgIpc) is 2.59. The normalized spacial score (nSPS) is 17.3. The predicted octanol–water partition coefficient (Wildman–Crippen LogP) is 3.73. The Hall–Kier alpha value is -2.44. The van der Waals surface area contributed by atoms with Crippen LogP contribution in [-0.2, 0) is 14.3 Å². The zero-order valence-corrected chi connectivity index (χ0v) is 16.0. The SMILES string of the molecule is CC(C)(C)OC(=O)N1CCCCC1CC(=O)OCC(=O)c1ccc(F)cc1. The summed E-state index contributed by atoms with van der Waals surface area (Å²) >= 11 is 0. The molecule has 1 aromatic carbocycles. The molecular formula is C20H26FNO5. The number of carbonyl (C=O) groups excluding carboxylic acids is 3. The van der Waals surface area contributed by atoms with Crippen molar-refractivity contribution < 1.29 is 28.2 Å². The number of hydrogen-bond acceptors (Lipinski definition) is 5. The fraction of sp³-hybridized carbons (Fsp3) is 0.550. The van der Waals surface area contributed by atoms with E-state index in [-0.39, 0.29) is 18.0 Å². The highest BCUT2D eigenvalue weighted by molar-refractivity contribution is 5.97. The van der Waals surface area contributed by atoms with Gasteiger partial charge in [-0.2, -0.15) is 0 Å². The number of halogens is 1. The summed E-state index contributed by atoms with van der Waals surface area (Å²) in [5, 5.41) is 0. The third kappa shape index (κ3) is 6.66. The van der Waals surface area contributed by atoms with Crippen molar-refractivity contribution in [1.82, 2.24) is 4.90 Å². The lowest BCUT2D eigenvalue weighted by atomic mass is 10.00. The van der Waals surface area contributed by atoms with Crippen LogP contribution in [0.4, 0.5) is 9.18 Å². The topological polar surface area (TPSA) is 72.9 Å². The van der Waals surface area contributed by atoms with Crippen LogP contribution in [0, 0.1) is 5.82 Å². The van der Waals surface area contributed by atoms with Crippen LogP contribution in [0.15, 0.2) is 24.3 Å². The maximum Gasteiger partial charge on any atom is 0.410 e. The molecule has 0 aromatic heterocycles. The molecule has 1 aliphatic rings. The molecule has 148 valence electrons. The second-order valence-corrected chi connectivity index (χ2v) is 7.62. The van der Waals surface area contributed by atoms with Crippen molar-refractivity contribution in [3.63, 3.8) is 0 Å². The van der Waals surface area contributed by atoms with E-state index < -0.39 is 35.9 Å². The number of ketones is 1. The first-order valence-corrected chi connectivity index (χ1v) is 9.10. The number of rotatable bonds is 5. The minimum absolute atomic E-state index is 0.00986. The number of carbonyl (C=O) groups is 3. The smallest absolute Gasteiger partial charge is 0.410 e. The number of hydrogen-bond donors (Lipinski definition) is 0. The van der Waals surface area contributed by atoms with Crippen LogP contribution in [0.2, 0.25) is 0 Å². The molecule has 1 fully saturated rings. The fourth-order valence-corrected chi connectivity index (χ4v) is 2.89. The number of nitrogens with zero attached hydrogens (tertiary/aromatic N) is 1. The van der Waals surface area contributed by atoms with Gasteiger partial charge in [-0.3, -0.25) is 9.59 Å². The van der Waals surface area contributed by atoms with Crippen molar-refractivity contribution in [2.45, 2.75) is 58.1 Å². The van der Waals surface area contributed by atoms with E-state index in [1.54, 1.807) is 25.7 Å². The number of Topliss-reactive ketones (excluding diaryl/α,β-unsaturated/α-hetero) is 1. The highest BCUT2D eigenvalue weighted by atomic mass is 19.1. The molecule has 0 bridgehead atoms. The fourth-order valence-electron chi connectivity index (χ4n) is 2.89. The van der Waals surface area contributed by atoms with Crippen molar-refractivity contribution in [3.05, 3.63) is 35.6 Å². The van der Waals surface area contributed by atoms with Crippen molar-refractivity contribution in [2.75, 3.05) is 13.2 Å². The molecule has 0 spiro atoms. The van der Waals surface area contributed by atoms with E-state index in [2.05, 4.69) is 0 Å². The molecule has 1 heterocycles. The van der Waals surface area contributed by atoms with Crippen molar-refractivity contribution in [3.8, 4) is 0 Å². The molecule has 1 atom stereocenters. The summed E-state index contributed by atoms with van der Waals surface area (Å²) in [6, 6.07) is 4.74. The Kier molecular flexibility index (Phi) is 6.93. The van der Waals surface area contributed by atoms with Gasteiger partial charge in [-0.15, -0.1) is 0 Å². The third-order valence-electron chi connectivity index (χ3n) is 4.19. The number of ether oxygens (including phenoxy) is 2. The first-order chi connectivity index (χ1) is 12.7. The summed E-state index contributed by atoms with van der Waals surface area (Å²) in [5.74, 6) is -1.40. The Morgan fingerprint density at radius 1 is 1.15 bits per heavy atom. The molecule has 1 aliphatic heterocycles. The van der Waals surface area contributed by atoms with Gasteiger partial charge in [0.15, 0.2) is 12.4 Å². The first-order valence-electron chi connectivity index (χ1n) is 9.10. The second kappa shape index (κ2) is 8.97. The Morgan fingerprint density at radius 2 is 1.81 bits per heavy atom. The van der Waals surface area contributed by atoms with Gasteiger partial charge in [-0.05, 0) is 64.3 Å². The van der Waals surface area contributed by atoms with E-state index in [1.165, 1.54) is 24.3 Å². The third-order valence-corrected chi connectivity index (χ3v) is 4.19. The maximum absolute atomic E-state index is 12.9. The molecule has 6 nitrogen and oxygen atoms in total. The van der Waals surface area contributed by atoms with E-state index in [4.69, 9.17) is 9.47 Å². The zero-order valence-electron chi connectivity index (χ0n) is 16.0. The van der Waals surface area contributed by atoms with Crippen molar-refractivity contribution in [1.29, 1.82) is 0 Å². The average molecular weight is 379 g/mol. The summed E-state index contributed by atoms with van der Waals surface area (Å²) in [6.45, 7) is 5.49. The quantitative estimate of drug-likeness (QED) is 0.576. The lowest BCUT2D eigenvalue weighted by molar-refractivity contribution is -0.144. The molecule has 0 radical (unpaired) electrons. The van der Waals surface area contributed by atoms with Crippen LogP contribution in [-0.4, -0.2) is 47.5 Å². The summed E-state index contributed by atoms with van der Waals surface area (Å²) in [5.41, 5.74) is -0.335. The van der Waals surface area contributed by atoms with Crippen molar-refractivity contribution in [2.24, 2.45) is 0 Å². The molecule has 27 heavy (non-hydrogen) atoms. The van der Waals surface area contributed by atoms with Gasteiger partial charge >= 0.3 is 12.1 Å². The van der Waals surface area contributed by atoms with E-state index in [0.717, 1.165) is 12.8 Å². The second-order valence-electron chi connectivity index (χ2n) is 7.62. The van der Waals surface area contributed by atoms with Crippen LogP contribution in [0.5, 0.6) is 0 Å². The van der Waals surface area contributed by atoms with Gasteiger partial charge < -0.3 is 14.4 Å². The minimum atomic E-state index is -0.610. The van der Waals surface area contributed by atoms with Gasteiger partial charge in [0, 0.05) is 18.2 Å². The summed E-state index contributed by atoms with van der Waals surface area (Å²) in [4.78, 5) is 38.1. The molecule has 7 heteroatoms. The standard InChI is InChI=1S/C20H26FNO5/c1-20(2,3)27-19(25)22-11-5-4-6-16(22)12-18(24)26-13-17(23)14-7-9-15(21)10-8-14/h7-10,16H,4-6,11-13H2,1-3H3. The van der Waals surface area contributed by atoms with Gasteiger partial charge in [0.2, 0.25) is 0 Å². The van der Waals surface area contributed by atoms with Gasteiger partial charge in [-0.25, -0.2) is 9.18 Å². The largest absolute Gasteiger partial charge is 0.457 e. The van der Waals surface area contributed by atoms with Crippen molar-refractivity contribution >= 4 is 17.8 Å².